The summed E-state index contributed by atoms with van der Waals surface area (Å²) in [6.45, 7) is 4.77. The lowest BCUT2D eigenvalue weighted by Gasteiger charge is -2.20. The number of nitrogens with one attached hydrogen (secondary N) is 2. The van der Waals surface area contributed by atoms with Crippen LogP contribution in [0.3, 0.4) is 0 Å². The van der Waals surface area contributed by atoms with Crippen molar-refractivity contribution in [3.8, 4) is 5.75 Å². The van der Waals surface area contributed by atoms with Gasteiger partial charge in [0.1, 0.15) is 23.9 Å². The van der Waals surface area contributed by atoms with Gasteiger partial charge in [0.2, 0.25) is 11.8 Å². The Hall–Kier alpha value is -2.77. The van der Waals surface area contributed by atoms with Gasteiger partial charge in [-0.25, -0.2) is 4.79 Å². The van der Waals surface area contributed by atoms with Gasteiger partial charge in [-0.05, 0) is 38.5 Å². The zero-order valence-corrected chi connectivity index (χ0v) is 14.0. The summed E-state index contributed by atoms with van der Waals surface area (Å²) in [4.78, 5) is 34.8. The number of carbonyl (C=O) groups is 3. The molecule has 132 valence electrons. The number of benzene rings is 1. The van der Waals surface area contributed by atoms with Crippen molar-refractivity contribution >= 4 is 17.9 Å². The third kappa shape index (κ3) is 7.48. The zero-order chi connectivity index (χ0) is 18.3. The quantitative estimate of drug-likeness (QED) is 0.598. The second kappa shape index (κ2) is 8.19. The molecule has 0 unspecified atom stereocenters. The minimum Gasteiger partial charge on any atom is -0.508 e. The van der Waals surface area contributed by atoms with E-state index in [1.54, 1.807) is 32.9 Å². The predicted octanol–water partition coefficient (Wildman–Crippen LogP) is 0.429. The number of ether oxygens (including phenoxy) is 1. The maximum atomic E-state index is 11.8. The predicted molar refractivity (Wildman–Crippen MR) is 87.2 cm³/mol. The molecule has 1 aromatic rings. The summed E-state index contributed by atoms with van der Waals surface area (Å²) in [5, 5.41) is 14.0. The molecule has 5 N–H and O–H groups in total. The van der Waals surface area contributed by atoms with E-state index in [0.29, 0.717) is 0 Å². The fourth-order valence-electron chi connectivity index (χ4n) is 1.80. The molecule has 1 rings (SSSR count). The van der Waals surface area contributed by atoms with Crippen LogP contribution in [-0.4, -0.2) is 41.2 Å². The van der Waals surface area contributed by atoms with Crippen LogP contribution in [0.1, 0.15) is 26.3 Å². The number of aromatic hydroxyl groups is 1. The Kier molecular flexibility index (Phi) is 6.58. The van der Waals surface area contributed by atoms with E-state index in [-0.39, 0.29) is 18.7 Å². The first kappa shape index (κ1) is 19.3. The molecule has 1 atom stereocenters. The Morgan fingerprint density at radius 3 is 2.29 bits per heavy atom. The Morgan fingerprint density at radius 2 is 1.79 bits per heavy atom. The highest BCUT2D eigenvalue weighted by Crippen LogP contribution is 2.11. The Bertz CT molecular complexity index is 593. The second-order valence-corrected chi connectivity index (χ2v) is 6.25. The SMILES string of the molecule is CC(C)(C)OC(=O)NCC(=O)N[C@H](Cc1ccc(O)cc1)C(N)=O. The summed E-state index contributed by atoms with van der Waals surface area (Å²) in [6.07, 6.45) is -0.555. The van der Waals surface area contributed by atoms with Gasteiger partial charge in [-0.1, -0.05) is 12.1 Å². The molecule has 0 aliphatic rings. The molecule has 0 saturated carbocycles. The van der Waals surface area contributed by atoms with Crippen LogP contribution in [0.25, 0.3) is 0 Å². The molecule has 0 aromatic heterocycles. The molecule has 0 spiro atoms. The van der Waals surface area contributed by atoms with Crippen LogP contribution in [0.15, 0.2) is 24.3 Å². The van der Waals surface area contributed by atoms with E-state index in [1.807, 2.05) is 0 Å². The molecular weight excluding hydrogens is 314 g/mol. The van der Waals surface area contributed by atoms with Crippen LogP contribution in [0.4, 0.5) is 4.79 Å². The largest absolute Gasteiger partial charge is 0.508 e. The first-order valence-electron chi connectivity index (χ1n) is 7.40. The van der Waals surface area contributed by atoms with Gasteiger partial charge < -0.3 is 26.2 Å². The number of amides is 3. The van der Waals surface area contributed by atoms with Crippen molar-refractivity contribution in [2.75, 3.05) is 6.54 Å². The highest BCUT2D eigenvalue weighted by Gasteiger charge is 2.20. The van der Waals surface area contributed by atoms with Crippen LogP contribution < -0.4 is 16.4 Å². The lowest BCUT2D eigenvalue weighted by atomic mass is 10.1. The van der Waals surface area contributed by atoms with Crippen molar-refractivity contribution in [2.45, 2.75) is 38.8 Å². The maximum Gasteiger partial charge on any atom is 0.408 e. The van der Waals surface area contributed by atoms with E-state index < -0.39 is 29.6 Å². The average molecular weight is 337 g/mol. The topological polar surface area (TPSA) is 131 Å². The van der Waals surface area contributed by atoms with Gasteiger partial charge >= 0.3 is 6.09 Å². The van der Waals surface area contributed by atoms with E-state index in [1.165, 1.54) is 12.1 Å². The first-order valence-corrected chi connectivity index (χ1v) is 7.40. The number of hydrogen-bond acceptors (Lipinski definition) is 5. The summed E-state index contributed by atoms with van der Waals surface area (Å²) in [5.41, 5.74) is 5.33. The average Bonchev–Trinajstić information content (AvgIpc) is 2.45. The number of alkyl carbamates (subject to hydrolysis) is 1. The molecule has 3 amide bonds. The molecular formula is C16H23N3O5. The van der Waals surface area contributed by atoms with Crippen molar-refractivity contribution in [2.24, 2.45) is 5.73 Å². The third-order valence-corrected chi connectivity index (χ3v) is 2.85. The van der Waals surface area contributed by atoms with Gasteiger partial charge in [0.25, 0.3) is 0 Å². The summed E-state index contributed by atoms with van der Waals surface area (Å²) in [7, 11) is 0. The van der Waals surface area contributed by atoms with Crippen molar-refractivity contribution < 1.29 is 24.2 Å². The standard InChI is InChI=1S/C16H23N3O5/c1-16(2,3)24-15(23)18-9-13(21)19-12(14(17)22)8-10-4-6-11(20)7-5-10/h4-7,12,20H,8-9H2,1-3H3,(H2,17,22)(H,18,23)(H,19,21)/t12-/m1/s1. The molecule has 0 aliphatic heterocycles. The zero-order valence-electron chi connectivity index (χ0n) is 14.0. The molecule has 0 saturated heterocycles. The van der Waals surface area contributed by atoms with Gasteiger partial charge in [0.15, 0.2) is 0 Å². The number of carbonyl (C=O) groups excluding carboxylic acids is 3. The fourth-order valence-corrected chi connectivity index (χ4v) is 1.80. The minimum atomic E-state index is -0.928. The van der Waals surface area contributed by atoms with Crippen LogP contribution in [-0.2, 0) is 20.7 Å². The minimum absolute atomic E-state index is 0.0972. The molecule has 0 aliphatic carbocycles. The van der Waals surface area contributed by atoms with Crippen LogP contribution in [0.5, 0.6) is 5.75 Å². The van der Waals surface area contributed by atoms with Crippen molar-refractivity contribution in [3.05, 3.63) is 29.8 Å². The highest BCUT2D eigenvalue weighted by molar-refractivity contribution is 5.88. The van der Waals surface area contributed by atoms with E-state index in [9.17, 15) is 19.5 Å². The second-order valence-electron chi connectivity index (χ2n) is 6.25. The molecule has 8 nitrogen and oxygen atoms in total. The summed E-state index contributed by atoms with van der Waals surface area (Å²) < 4.78 is 5.00. The number of hydrogen-bond donors (Lipinski definition) is 4. The van der Waals surface area contributed by atoms with E-state index in [4.69, 9.17) is 10.5 Å². The third-order valence-electron chi connectivity index (χ3n) is 2.85. The lowest BCUT2D eigenvalue weighted by Crippen LogP contribution is -2.49. The van der Waals surface area contributed by atoms with Crippen molar-refractivity contribution in [1.82, 2.24) is 10.6 Å². The van der Waals surface area contributed by atoms with Gasteiger partial charge in [-0.2, -0.15) is 0 Å². The number of primary amides is 1. The Morgan fingerprint density at radius 1 is 1.21 bits per heavy atom. The summed E-state index contributed by atoms with van der Waals surface area (Å²) in [5.74, 6) is -1.17. The van der Waals surface area contributed by atoms with Gasteiger partial charge in [0, 0.05) is 6.42 Å². The number of phenolic OH excluding ortho intramolecular Hbond substituents is 1. The molecule has 1 aromatic carbocycles. The maximum absolute atomic E-state index is 11.8. The highest BCUT2D eigenvalue weighted by atomic mass is 16.6. The van der Waals surface area contributed by atoms with E-state index >= 15 is 0 Å². The number of nitrogens with two attached hydrogens (primary N) is 1. The lowest BCUT2D eigenvalue weighted by molar-refractivity contribution is -0.126. The van der Waals surface area contributed by atoms with Crippen LogP contribution in [0, 0.1) is 0 Å². The molecule has 8 heteroatoms. The normalized spacial score (nSPS) is 12.1. The van der Waals surface area contributed by atoms with Gasteiger partial charge in [-0.15, -0.1) is 0 Å². The molecule has 0 heterocycles. The molecule has 24 heavy (non-hydrogen) atoms. The van der Waals surface area contributed by atoms with Gasteiger partial charge in [0.05, 0.1) is 0 Å². The fraction of sp³-hybridized carbons (Fsp3) is 0.438. The summed E-state index contributed by atoms with van der Waals surface area (Å²) >= 11 is 0. The first-order chi connectivity index (χ1) is 11.1. The van der Waals surface area contributed by atoms with Crippen LogP contribution >= 0.6 is 0 Å². The van der Waals surface area contributed by atoms with E-state index in [0.717, 1.165) is 5.56 Å². The Balaban J connectivity index is 2.53. The van der Waals surface area contributed by atoms with Crippen LogP contribution in [0.2, 0.25) is 0 Å². The van der Waals surface area contributed by atoms with Crippen molar-refractivity contribution in [1.29, 1.82) is 0 Å². The summed E-state index contributed by atoms with van der Waals surface area (Å²) in [6, 6.07) is 5.26. The number of rotatable bonds is 6. The molecule has 0 fully saturated rings. The van der Waals surface area contributed by atoms with Gasteiger partial charge in [-0.3, -0.25) is 9.59 Å². The smallest absolute Gasteiger partial charge is 0.408 e. The van der Waals surface area contributed by atoms with Crippen molar-refractivity contribution in [3.63, 3.8) is 0 Å². The number of phenols is 1. The Labute approximate surface area is 140 Å². The van der Waals surface area contributed by atoms with E-state index in [2.05, 4.69) is 10.6 Å². The molecule has 0 radical (unpaired) electrons. The monoisotopic (exact) mass is 337 g/mol. The molecule has 0 bridgehead atoms.